The minimum atomic E-state index is -0.228. The molecule has 0 aromatic heterocycles. The lowest BCUT2D eigenvalue weighted by Crippen LogP contribution is -2.49. The molecule has 3 rings (SSSR count). The van der Waals surface area contributed by atoms with E-state index in [2.05, 4.69) is 20.3 Å². The van der Waals surface area contributed by atoms with Gasteiger partial charge in [0.05, 0.1) is 12.8 Å². The van der Waals surface area contributed by atoms with Crippen LogP contribution < -0.4 is 15.2 Å². The third-order valence-corrected chi connectivity index (χ3v) is 4.74. The highest BCUT2D eigenvalue weighted by atomic mass is 19.1. The normalized spacial score (nSPS) is 15.0. The number of rotatable bonds is 6. The third-order valence-electron chi connectivity index (χ3n) is 4.74. The molecule has 0 aliphatic carbocycles. The number of hydrogen-bond donors (Lipinski definition) is 1. The average Bonchev–Trinajstić information content (AvgIpc) is 2.70. The Kier molecular flexibility index (Phi) is 6.60. The molecule has 0 atom stereocenters. The first kappa shape index (κ1) is 19.8. The van der Waals surface area contributed by atoms with Crippen molar-refractivity contribution in [2.75, 3.05) is 56.6 Å². The topological polar surface area (TPSA) is 51.2 Å². The first-order chi connectivity index (χ1) is 13.5. The fraction of sp³-hybridized carbons (Fsp3) is 0.333. The summed E-state index contributed by atoms with van der Waals surface area (Å²) in [4.78, 5) is 18.4. The van der Waals surface area contributed by atoms with Crippen molar-refractivity contribution in [1.29, 1.82) is 0 Å². The molecule has 1 aliphatic heterocycles. The number of carbonyl (C=O) groups is 1. The van der Waals surface area contributed by atoms with Crippen molar-refractivity contribution in [2.45, 2.75) is 0 Å². The van der Waals surface area contributed by atoms with E-state index in [1.165, 1.54) is 12.1 Å². The first-order valence-electron chi connectivity index (χ1n) is 9.33. The summed E-state index contributed by atoms with van der Waals surface area (Å²) >= 11 is 0. The van der Waals surface area contributed by atoms with Crippen LogP contribution in [0.3, 0.4) is 0 Å². The Morgan fingerprint density at radius 3 is 2.32 bits per heavy atom. The van der Waals surface area contributed by atoms with E-state index in [4.69, 9.17) is 0 Å². The van der Waals surface area contributed by atoms with Gasteiger partial charge in [0, 0.05) is 51.6 Å². The SMILES string of the molecule is CN(C)c1ccc(/C=N\NC(=O)CN2CCN(c3ccc(F)cc3)CC2)cc1. The van der Waals surface area contributed by atoms with Crippen LogP contribution in [0.5, 0.6) is 0 Å². The lowest BCUT2D eigenvalue weighted by molar-refractivity contribution is -0.122. The van der Waals surface area contributed by atoms with Crippen molar-refractivity contribution in [3.63, 3.8) is 0 Å². The zero-order chi connectivity index (χ0) is 19.9. The second-order valence-electron chi connectivity index (χ2n) is 7.02. The quantitative estimate of drug-likeness (QED) is 0.614. The zero-order valence-electron chi connectivity index (χ0n) is 16.3. The molecule has 2 aromatic carbocycles. The van der Waals surface area contributed by atoms with E-state index in [1.807, 2.05) is 43.3 Å². The molecule has 0 spiro atoms. The Bertz CT molecular complexity index is 797. The Morgan fingerprint density at radius 2 is 1.71 bits per heavy atom. The van der Waals surface area contributed by atoms with Crippen molar-refractivity contribution in [2.24, 2.45) is 5.10 Å². The van der Waals surface area contributed by atoms with Gasteiger partial charge in [-0.2, -0.15) is 5.10 Å². The first-order valence-corrected chi connectivity index (χ1v) is 9.33. The fourth-order valence-corrected chi connectivity index (χ4v) is 3.09. The highest BCUT2D eigenvalue weighted by molar-refractivity contribution is 5.83. The van der Waals surface area contributed by atoms with E-state index in [9.17, 15) is 9.18 Å². The predicted molar refractivity (Wildman–Crippen MR) is 112 cm³/mol. The maximum Gasteiger partial charge on any atom is 0.254 e. The lowest BCUT2D eigenvalue weighted by atomic mass is 10.2. The maximum atomic E-state index is 13.0. The van der Waals surface area contributed by atoms with Crippen molar-refractivity contribution < 1.29 is 9.18 Å². The van der Waals surface area contributed by atoms with Gasteiger partial charge in [0.15, 0.2) is 0 Å². The van der Waals surface area contributed by atoms with Crippen LogP contribution in [0.25, 0.3) is 0 Å². The molecular weight excluding hydrogens is 357 g/mol. The third kappa shape index (κ3) is 5.53. The second-order valence-corrected chi connectivity index (χ2v) is 7.02. The molecule has 1 fully saturated rings. The predicted octanol–water partition coefficient (Wildman–Crippen LogP) is 2.16. The summed E-state index contributed by atoms with van der Waals surface area (Å²) in [5, 5.41) is 4.04. The van der Waals surface area contributed by atoms with Gasteiger partial charge in [-0.3, -0.25) is 9.69 Å². The van der Waals surface area contributed by atoms with Gasteiger partial charge in [-0.05, 0) is 42.0 Å². The van der Waals surface area contributed by atoms with Crippen LogP contribution in [0, 0.1) is 5.82 Å². The summed E-state index contributed by atoms with van der Waals surface area (Å²) < 4.78 is 13.0. The molecule has 1 heterocycles. The number of hydrazone groups is 1. The van der Waals surface area contributed by atoms with Crippen LogP contribution in [-0.4, -0.2) is 63.8 Å². The van der Waals surface area contributed by atoms with E-state index in [-0.39, 0.29) is 11.7 Å². The molecule has 0 radical (unpaired) electrons. The number of benzene rings is 2. The van der Waals surface area contributed by atoms with Crippen LogP contribution in [0.2, 0.25) is 0 Å². The molecule has 1 aliphatic rings. The zero-order valence-corrected chi connectivity index (χ0v) is 16.3. The molecular formula is C21H26FN5O. The van der Waals surface area contributed by atoms with E-state index >= 15 is 0 Å². The summed E-state index contributed by atoms with van der Waals surface area (Å²) in [6.45, 7) is 3.48. The van der Waals surface area contributed by atoms with Gasteiger partial charge < -0.3 is 9.80 Å². The molecule has 0 saturated carbocycles. The number of nitrogens with zero attached hydrogens (tertiary/aromatic N) is 4. The molecule has 6 nitrogen and oxygen atoms in total. The Morgan fingerprint density at radius 1 is 1.07 bits per heavy atom. The molecule has 28 heavy (non-hydrogen) atoms. The Hall–Kier alpha value is -2.93. The smallest absolute Gasteiger partial charge is 0.254 e. The highest BCUT2D eigenvalue weighted by Crippen LogP contribution is 2.16. The van der Waals surface area contributed by atoms with Gasteiger partial charge in [-0.1, -0.05) is 12.1 Å². The molecule has 0 bridgehead atoms. The van der Waals surface area contributed by atoms with E-state index in [1.54, 1.807) is 18.3 Å². The van der Waals surface area contributed by atoms with E-state index < -0.39 is 0 Å². The highest BCUT2D eigenvalue weighted by Gasteiger charge is 2.19. The summed E-state index contributed by atoms with van der Waals surface area (Å²) in [6.07, 6.45) is 1.64. The van der Waals surface area contributed by atoms with Crippen molar-refractivity contribution in [1.82, 2.24) is 10.3 Å². The number of piperazine rings is 1. The van der Waals surface area contributed by atoms with Crippen LogP contribution in [-0.2, 0) is 4.79 Å². The minimum Gasteiger partial charge on any atom is -0.378 e. The summed E-state index contributed by atoms with van der Waals surface area (Å²) in [5.41, 5.74) is 5.64. The number of anilines is 2. The van der Waals surface area contributed by atoms with Gasteiger partial charge in [0.2, 0.25) is 0 Å². The van der Waals surface area contributed by atoms with Crippen molar-refractivity contribution >= 4 is 23.5 Å². The Labute approximate surface area is 165 Å². The van der Waals surface area contributed by atoms with Crippen molar-refractivity contribution in [3.8, 4) is 0 Å². The summed E-state index contributed by atoms with van der Waals surface area (Å²) in [5.74, 6) is -0.357. The number of hydrogen-bond acceptors (Lipinski definition) is 5. The molecule has 2 aromatic rings. The van der Waals surface area contributed by atoms with Gasteiger partial charge in [-0.25, -0.2) is 9.82 Å². The van der Waals surface area contributed by atoms with Crippen LogP contribution in [0.15, 0.2) is 53.6 Å². The van der Waals surface area contributed by atoms with Gasteiger partial charge in [-0.15, -0.1) is 0 Å². The Balaban J connectivity index is 1.41. The largest absolute Gasteiger partial charge is 0.378 e. The molecule has 1 amide bonds. The number of amides is 1. The van der Waals surface area contributed by atoms with Crippen LogP contribution >= 0.6 is 0 Å². The lowest BCUT2D eigenvalue weighted by Gasteiger charge is -2.35. The number of carbonyl (C=O) groups excluding carboxylic acids is 1. The second kappa shape index (κ2) is 9.32. The average molecular weight is 383 g/mol. The molecule has 148 valence electrons. The van der Waals surface area contributed by atoms with Gasteiger partial charge in [0.25, 0.3) is 5.91 Å². The number of halogens is 1. The molecule has 1 N–H and O–H groups in total. The minimum absolute atomic E-state index is 0.128. The van der Waals surface area contributed by atoms with E-state index in [0.29, 0.717) is 6.54 Å². The summed E-state index contributed by atoms with van der Waals surface area (Å²) in [6, 6.07) is 14.4. The monoisotopic (exact) mass is 383 g/mol. The number of nitrogens with one attached hydrogen (secondary N) is 1. The van der Waals surface area contributed by atoms with E-state index in [0.717, 1.165) is 43.1 Å². The van der Waals surface area contributed by atoms with Crippen LogP contribution in [0.4, 0.5) is 15.8 Å². The molecule has 7 heteroatoms. The van der Waals surface area contributed by atoms with Gasteiger partial charge >= 0.3 is 0 Å². The van der Waals surface area contributed by atoms with Crippen molar-refractivity contribution in [3.05, 3.63) is 59.9 Å². The summed E-state index contributed by atoms with van der Waals surface area (Å²) in [7, 11) is 3.98. The van der Waals surface area contributed by atoms with Gasteiger partial charge in [0.1, 0.15) is 5.82 Å². The maximum absolute atomic E-state index is 13.0. The molecule has 0 unspecified atom stereocenters. The standard InChI is InChI=1S/C21H26FN5O/c1-25(2)19-7-3-17(4-8-19)15-23-24-21(28)16-26-11-13-27(14-12-26)20-9-5-18(22)6-10-20/h3-10,15H,11-14,16H2,1-2H3,(H,24,28)/b23-15-. The van der Waals surface area contributed by atoms with Crippen LogP contribution in [0.1, 0.15) is 5.56 Å². The molecule has 1 saturated heterocycles. The fourth-order valence-electron chi connectivity index (χ4n) is 3.09.